The van der Waals surface area contributed by atoms with Crippen molar-refractivity contribution in [1.82, 2.24) is 4.90 Å². The van der Waals surface area contributed by atoms with Gasteiger partial charge in [-0.2, -0.15) is 0 Å². The average molecular weight is 249 g/mol. The summed E-state index contributed by atoms with van der Waals surface area (Å²) in [4.78, 5) is 12.4. The maximum Gasteiger partial charge on any atom is 0.317 e. The zero-order chi connectivity index (χ0) is 13.3. The Morgan fingerprint density at radius 2 is 2.22 bits per heavy atom. The SMILES string of the molecule is CN(CC(=O)O)Cc1cccc2c1OC(C)(C)C2. The molecule has 1 aliphatic heterocycles. The molecule has 1 aromatic carbocycles. The lowest BCUT2D eigenvalue weighted by atomic mass is 10.0. The second-order valence-electron chi connectivity index (χ2n) is 5.51. The summed E-state index contributed by atoms with van der Waals surface area (Å²) in [5.74, 6) is 0.117. The highest BCUT2D eigenvalue weighted by Gasteiger charge is 2.31. The number of carboxylic acids is 1. The largest absolute Gasteiger partial charge is 0.487 e. The second-order valence-corrected chi connectivity index (χ2v) is 5.51. The van der Waals surface area contributed by atoms with Crippen molar-refractivity contribution >= 4 is 5.97 Å². The van der Waals surface area contributed by atoms with Crippen LogP contribution in [0.25, 0.3) is 0 Å². The zero-order valence-electron chi connectivity index (χ0n) is 11.1. The first-order chi connectivity index (χ1) is 8.37. The number of benzene rings is 1. The van der Waals surface area contributed by atoms with Crippen LogP contribution in [0, 0.1) is 0 Å². The number of fused-ring (bicyclic) bond motifs is 1. The fourth-order valence-corrected chi connectivity index (χ4v) is 2.38. The van der Waals surface area contributed by atoms with E-state index < -0.39 is 5.97 Å². The van der Waals surface area contributed by atoms with Crippen LogP contribution in [-0.2, 0) is 17.8 Å². The van der Waals surface area contributed by atoms with Gasteiger partial charge in [-0.1, -0.05) is 18.2 Å². The molecule has 1 heterocycles. The summed E-state index contributed by atoms with van der Waals surface area (Å²) in [5.41, 5.74) is 2.10. The van der Waals surface area contributed by atoms with Crippen molar-refractivity contribution in [1.29, 1.82) is 0 Å². The van der Waals surface area contributed by atoms with Crippen LogP contribution >= 0.6 is 0 Å². The minimum atomic E-state index is -0.814. The fraction of sp³-hybridized carbons (Fsp3) is 0.500. The van der Waals surface area contributed by atoms with Gasteiger partial charge >= 0.3 is 5.97 Å². The van der Waals surface area contributed by atoms with Gasteiger partial charge in [0, 0.05) is 18.5 Å². The lowest BCUT2D eigenvalue weighted by molar-refractivity contribution is -0.138. The Balaban J connectivity index is 2.17. The molecule has 0 saturated heterocycles. The summed E-state index contributed by atoms with van der Waals surface area (Å²) in [6.45, 7) is 4.76. The van der Waals surface area contributed by atoms with Crippen molar-refractivity contribution in [3.8, 4) is 5.75 Å². The average Bonchev–Trinajstić information content (AvgIpc) is 2.52. The molecule has 1 aromatic rings. The highest BCUT2D eigenvalue weighted by Crippen LogP contribution is 2.37. The number of carbonyl (C=O) groups is 1. The number of aliphatic carboxylic acids is 1. The van der Waals surface area contributed by atoms with Crippen LogP contribution in [0.1, 0.15) is 25.0 Å². The monoisotopic (exact) mass is 249 g/mol. The molecule has 18 heavy (non-hydrogen) atoms. The van der Waals surface area contributed by atoms with Gasteiger partial charge in [-0.25, -0.2) is 0 Å². The highest BCUT2D eigenvalue weighted by atomic mass is 16.5. The third-order valence-electron chi connectivity index (χ3n) is 3.02. The molecule has 0 radical (unpaired) electrons. The van der Waals surface area contributed by atoms with Gasteiger partial charge in [-0.05, 0) is 26.5 Å². The van der Waals surface area contributed by atoms with E-state index in [0.29, 0.717) is 6.54 Å². The van der Waals surface area contributed by atoms with E-state index in [-0.39, 0.29) is 12.1 Å². The number of para-hydroxylation sites is 1. The van der Waals surface area contributed by atoms with Crippen molar-refractivity contribution in [2.45, 2.75) is 32.4 Å². The fourth-order valence-electron chi connectivity index (χ4n) is 2.38. The normalized spacial score (nSPS) is 16.4. The molecular weight excluding hydrogens is 230 g/mol. The van der Waals surface area contributed by atoms with Crippen molar-refractivity contribution < 1.29 is 14.6 Å². The molecule has 0 saturated carbocycles. The number of carboxylic acid groups (broad SMARTS) is 1. The van der Waals surface area contributed by atoms with Gasteiger partial charge in [0.2, 0.25) is 0 Å². The van der Waals surface area contributed by atoms with Gasteiger partial charge in [-0.3, -0.25) is 9.69 Å². The van der Waals surface area contributed by atoms with E-state index in [1.807, 2.05) is 12.1 Å². The van der Waals surface area contributed by atoms with Gasteiger partial charge in [0.25, 0.3) is 0 Å². The summed E-state index contributed by atoms with van der Waals surface area (Å²) in [6.07, 6.45) is 0.902. The number of hydrogen-bond donors (Lipinski definition) is 1. The Morgan fingerprint density at radius 1 is 1.50 bits per heavy atom. The minimum Gasteiger partial charge on any atom is -0.487 e. The first-order valence-corrected chi connectivity index (χ1v) is 6.07. The lowest BCUT2D eigenvalue weighted by Gasteiger charge is -2.20. The van der Waals surface area contributed by atoms with E-state index in [0.717, 1.165) is 17.7 Å². The molecule has 0 fully saturated rings. The number of likely N-dealkylation sites (N-methyl/N-ethyl adjacent to an activating group) is 1. The van der Waals surface area contributed by atoms with Crippen LogP contribution in [0.15, 0.2) is 18.2 Å². The second kappa shape index (κ2) is 4.61. The van der Waals surface area contributed by atoms with Gasteiger partial charge in [0.1, 0.15) is 11.4 Å². The molecule has 1 aliphatic rings. The standard InChI is InChI=1S/C14H19NO3/c1-14(2)7-10-5-4-6-11(13(10)18-14)8-15(3)9-12(16)17/h4-6H,7-9H2,1-3H3,(H,16,17). The first-order valence-electron chi connectivity index (χ1n) is 6.07. The third kappa shape index (κ3) is 2.82. The summed E-state index contributed by atoms with van der Waals surface area (Å²) in [7, 11) is 1.80. The van der Waals surface area contributed by atoms with E-state index in [1.54, 1.807) is 11.9 Å². The van der Waals surface area contributed by atoms with Crippen LogP contribution in [0.3, 0.4) is 0 Å². The molecular formula is C14H19NO3. The zero-order valence-corrected chi connectivity index (χ0v) is 11.1. The lowest BCUT2D eigenvalue weighted by Crippen LogP contribution is -2.26. The molecule has 4 heteroatoms. The molecule has 0 atom stereocenters. The Labute approximate surface area is 107 Å². The maximum atomic E-state index is 10.7. The molecule has 0 spiro atoms. The summed E-state index contributed by atoms with van der Waals surface area (Å²) in [6, 6.07) is 6.08. The van der Waals surface area contributed by atoms with Crippen LogP contribution in [0.4, 0.5) is 0 Å². The molecule has 0 aliphatic carbocycles. The van der Waals surface area contributed by atoms with Gasteiger partial charge in [-0.15, -0.1) is 0 Å². The predicted octanol–water partition coefficient (Wildman–Crippen LogP) is 1.92. The summed E-state index contributed by atoms with van der Waals surface area (Å²) in [5, 5.41) is 8.77. The van der Waals surface area contributed by atoms with Crippen molar-refractivity contribution in [2.24, 2.45) is 0 Å². The van der Waals surface area contributed by atoms with Gasteiger partial charge in [0.05, 0.1) is 6.54 Å². The minimum absolute atomic E-state index is 0.0348. The molecule has 1 N–H and O–H groups in total. The molecule has 98 valence electrons. The number of nitrogens with zero attached hydrogens (tertiary/aromatic N) is 1. The van der Waals surface area contributed by atoms with Crippen LogP contribution < -0.4 is 4.74 Å². The Hall–Kier alpha value is -1.55. The summed E-state index contributed by atoms with van der Waals surface area (Å²) >= 11 is 0. The number of hydrogen-bond acceptors (Lipinski definition) is 3. The topological polar surface area (TPSA) is 49.8 Å². The molecule has 0 amide bonds. The van der Waals surface area contributed by atoms with E-state index in [9.17, 15) is 4.79 Å². The van der Waals surface area contributed by atoms with Gasteiger partial charge < -0.3 is 9.84 Å². The highest BCUT2D eigenvalue weighted by molar-refractivity contribution is 5.69. The van der Waals surface area contributed by atoms with E-state index in [2.05, 4.69) is 19.9 Å². The molecule has 0 aromatic heterocycles. The maximum absolute atomic E-state index is 10.7. The smallest absolute Gasteiger partial charge is 0.317 e. The molecule has 2 rings (SSSR count). The quantitative estimate of drug-likeness (QED) is 0.885. The number of ether oxygens (including phenoxy) is 1. The van der Waals surface area contributed by atoms with E-state index >= 15 is 0 Å². The predicted molar refractivity (Wildman–Crippen MR) is 68.8 cm³/mol. The van der Waals surface area contributed by atoms with Crippen molar-refractivity contribution in [3.63, 3.8) is 0 Å². The molecule has 0 unspecified atom stereocenters. The van der Waals surface area contributed by atoms with Gasteiger partial charge in [0.15, 0.2) is 0 Å². The number of rotatable bonds is 4. The van der Waals surface area contributed by atoms with Crippen LogP contribution in [0.2, 0.25) is 0 Å². The van der Waals surface area contributed by atoms with Crippen LogP contribution in [0.5, 0.6) is 5.75 Å². The first kappa shape index (κ1) is 12.9. The molecule has 0 bridgehead atoms. The van der Waals surface area contributed by atoms with Crippen molar-refractivity contribution in [3.05, 3.63) is 29.3 Å². The van der Waals surface area contributed by atoms with E-state index in [1.165, 1.54) is 5.56 Å². The third-order valence-corrected chi connectivity index (χ3v) is 3.02. The Morgan fingerprint density at radius 3 is 2.89 bits per heavy atom. The van der Waals surface area contributed by atoms with Crippen molar-refractivity contribution in [2.75, 3.05) is 13.6 Å². The molecule has 4 nitrogen and oxygen atoms in total. The summed E-state index contributed by atoms with van der Waals surface area (Å²) < 4.78 is 5.96. The van der Waals surface area contributed by atoms with Crippen LogP contribution in [-0.4, -0.2) is 35.2 Å². The Kier molecular flexibility index (Phi) is 3.30. The Bertz CT molecular complexity index is 468. The van der Waals surface area contributed by atoms with E-state index in [4.69, 9.17) is 9.84 Å².